The van der Waals surface area contributed by atoms with Crippen molar-refractivity contribution in [3.63, 3.8) is 0 Å². The molecule has 2 rings (SSSR count). The Hall–Kier alpha value is -0.530. The van der Waals surface area contributed by atoms with E-state index >= 15 is 0 Å². The zero-order chi connectivity index (χ0) is 13.2. The summed E-state index contributed by atoms with van der Waals surface area (Å²) in [4.78, 5) is 10.1. The topological polar surface area (TPSA) is 26.3 Å². The van der Waals surface area contributed by atoms with Gasteiger partial charge in [0.25, 0.3) is 0 Å². The molecule has 2 aliphatic carbocycles. The van der Waals surface area contributed by atoms with Crippen LogP contribution in [0.5, 0.6) is 0 Å². The molecule has 0 amide bonds. The molecule has 2 nitrogen and oxygen atoms in total. The van der Waals surface area contributed by atoms with Crippen molar-refractivity contribution in [1.82, 2.24) is 0 Å². The molecular formula is C16H30O2. The minimum atomic E-state index is -0.182. The van der Waals surface area contributed by atoms with Gasteiger partial charge in [-0.05, 0) is 18.3 Å². The molecule has 2 saturated carbocycles. The number of unbranched alkanes of at least 4 members (excludes halogenated alkanes) is 1. The van der Waals surface area contributed by atoms with Gasteiger partial charge in [-0.25, -0.2) is 0 Å². The van der Waals surface area contributed by atoms with E-state index in [0.717, 1.165) is 24.7 Å². The Morgan fingerprint density at radius 2 is 1.44 bits per heavy atom. The first-order chi connectivity index (χ1) is 8.74. The summed E-state index contributed by atoms with van der Waals surface area (Å²) in [7, 11) is 0. The van der Waals surface area contributed by atoms with E-state index in [2.05, 4.69) is 11.7 Å². The highest BCUT2D eigenvalue weighted by Gasteiger charge is 2.26. The number of hydrogen-bond donors (Lipinski definition) is 0. The maximum absolute atomic E-state index is 10.1. The SMILES string of the molecule is C1CCC2CCCCC2C1.CCCCOC(C)=O. The highest BCUT2D eigenvalue weighted by atomic mass is 16.5. The average Bonchev–Trinajstić information content (AvgIpc) is 2.40. The van der Waals surface area contributed by atoms with Crippen LogP contribution in [0.2, 0.25) is 0 Å². The summed E-state index contributed by atoms with van der Waals surface area (Å²) >= 11 is 0. The van der Waals surface area contributed by atoms with Gasteiger partial charge in [-0.15, -0.1) is 0 Å². The Morgan fingerprint density at radius 3 is 1.78 bits per heavy atom. The number of ether oxygens (including phenoxy) is 1. The van der Waals surface area contributed by atoms with Crippen LogP contribution in [0.1, 0.15) is 78.1 Å². The van der Waals surface area contributed by atoms with Crippen LogP contribution in [0.15, 0.2) is 0 Å². The van der Waals surface area contributed by atoms with Gasteiger partial charge in [0.15, 0.2) is 0 Å². The lowest BCUT2D eigenvalue weighted by Crippen LogP contribution is -2.22. The number of carbonyl (C=O) groups excluding carboxylic acids is 1. The van der Waals surface area contributed by atoms with Crippen LogP contribution in [0.25, 0.3) is 0 Å². The first-order valence-corrected chi connectivity index (χ1v) is 7.87. The molecule has 0 N–H and O–H groups in total. The van der Waals surface area contributed by atoms with Crippen LogP contribution in [-0.4, -0.2) is 12.6 Å². The van der Waals surface area contributed by atoms with Crippen molar-refractivity contribution in [1.29, 1.82) is 0 Å². The summed E-state index contributed by atoms with van der Waals surface area (Å²) in [6.07, 6.45) is 14.4. The van der Waals surface area contributed by atoms with Gasteiger partial charge >= 0.3 is 5.97 Å². The second-order valence-electron chi connectivity index (χ2n) is 5.78. The fourth-order valence-electron chi connectivity index (χ4n) is 3.22. The van der Waals surface area contributed by atoms with Crippen LogP contribution in [0, 0.1) is 11.8 Å². The summed E-state index contributed by atoms with van der Waals surface area (Å²) in [5.41, 5.74) is 0. The predicted octanol–water partition coefficient (Wildman–Crippen LogP) is 4.72. The second kappa shape index (κ2) is 9.41. The minimum Gasteiger partial charge on any atom is -0.466 e. The van der Waals surface area contributed by atoms with Gasteiger partial charge in [0.1, 0.15) is 0 Å². The van der Waals surface area contributed by atoms with E-state index < -0.39 is 0 Å². The third kappa shape index (κ3) is 6.42. The van der Waals surface area contributed by atoms with Crippen molar-refractivity contribution in [3.05, 3.63) is 0 Å². The van der Waals surface area contributed by atoms with Gasteiger partial charge < -0.3 is 4.74 Å². The van der Waals surface area contributed by atoms with Gasteiger partial charge in [0.05, 0.1) is 6.61 Å². The molecule has 0 saturated heterocycles. The van der Waals surface area contributed by atoms with Crippen molar-refractivity contribution in [2.24, 2.45) is 11.8 Å². The third-order valence-corrected chi connectivity index (χ3v) is 4.27. The standard InChI is InChI=1S/C10H18.C6H12O2/c1-2-6-10-8-4-3-7-9(10)5-1;1-3-4-5-8-6(2)7/h9-10H,1-8H2;3-5H2,1-2H3. The lowest BCUT2D eigenvalue weighted by molar-refractivity contribution is -0.141. The summed E-state index contributed by atoms with van der Waals surface area (Å²) in [5, 5.41) is 0. The molecule has 0 spiro atoms. The maximum atomic E-state index is 10.1. The lowest BCUT2D eigenvalue weighted by atomic mass is 9.71. The van der Waals surface area contributed by atoms with E-state index in [-0.39, 0.29) is 5.97 Å². The molecule has 2 aliphatic rings. The number of rotatable bonds is 3. The summed E-state index contributed by atoms with van der Waals surface area (Å²) in [6, 6.07) is 0. The van der Waals surface area contributed by atoms with Gasteiger partial charge in [-0.1, -0.05) is 64.7 Å². The van der Waals surface area contributed by atoms with Crippen LogP contribution in [-0.2, 0) is 9.53 Å². The lowest BCUT2D eigenvalue weighted by Gasteiger charge is -2.35. The van der Waals surface area contributed by atoms with Crippen molar-refractivity contribution in [3.8, 4) is 0 Å². The second-order valence-corrected chi connectivity index (χ2v) is 5.78. The smallest absolute Gasteiger partial charge is 0.302 e. The fourth-order valence-corrected chi connectivity index (χ4v) is 3.22. The molecule has 0 atom stereocenters. The van der Waals surface area contributed by atoms with E-state index in [1.165, 1.54) is 32.6 Å². The van der Waals surface area contributed by atoms with Crippen molar-refractivity contribution >= 4 is 5.97 Å². The first kappa shape index (κ1) is 15.5. The molecule has 0 heterocycles. The van der Waals surface area contributed by atoms with E-state index in [0.29, 0.717) is 6.61 Å². The molecule has 0 aromatic carbocycles. The molecule has 106 valence electrons. The zero-order valence-electron chi connectivity index (χ0n) is 12.2. The fraction of sp³-hybridized carbons (Fsp3) is 0.938. The Bertz CT molecular complexity index is 199. The Morgan fingerprint density at radius 1 is 1.00 bits per heavy atom. The number of hydrogen-bond acceptors (Lipinski definition) is 2. The van der Waals surface area contributed by atoms with Crippen LogP contribution in [0.4, 0.5) is 0 Å². The van der Waals surface area contributed by atoms with Gasteiger partial charge in [0, 0.05) is 6.92 Å². The van der Waals surface area contributed by atoms with Gasteiger partial charge in [-0.3, -0.25) is 4.79 Å². The largest absolute Gasteiger partial charge is 0.466 e. The van der Waals surface area contributed by atoms with E-state index in [4.69, 9.17) is 0 Å². The normalized spacial score (nSPS) is 26.6. The quantitative estimate of drug-likeness (QED) is 0.538. The van der Waals surface area contributed by atoms with Crippen LogP contribution in [0.3, 0.4) is 0 Å². The number of carbonyl (C=O) groups is 1. The molecule has 0 unspecified atom stereocenters. The molecule has 18 heavy (non-hydrogen) atoms. The molecule has 0 aromatic heterocycles. The minimum absolute atomic E-state index is 0.182. The van der Waals surface area contributed by atoms with Crippen molar-refractivity contribution < 1.29 is 9.53 Å². The molecule has 2 fully saturated rings. The average molecular weight is 254 g/mol. The highest BCUT2D eigenvalue weighted by Crippen LogP contribution is 2.39. The Labute approximate surface area is 112 Å². The van der Waals surface area contributed by atoms with Crippen molar-refractivity contribution in [2.75, 3.05) is 6.61 Å². The van der Waals surface area contributed by atoms with Gasteiger partial charge in [-0.2, -0.15) is 0 Å². The van der Waals surface area contributed by atoms with E-state index in [1.807, 2.05) is 0 Å². The molecule has 0 bridgehead atoms. The third-order valence-electron chi connectivity index (χ3n) is 4.27. The first-order valence-electron chi connectivity index (χ1n) is 7.87. The summed E-state index contributed by atoms with van der Waals surface area (Å²) in [6.45, 7) is 4.06. The molecule has 2 heteroatoms. The molecule has 0 aliphatic heterocycles. The molecule has 0 radical (unpaired) electrons. The summed E-state index contributed by atoms with van der Waals surface area (Å²) in [5.74, 6) is 2.13. The predicted molar refractivity (Wildman–Crippen MR) is 75.5 cm³/mol. The number of fused-ring (bicyclic) bond motifs is 1. The van der Waals surface area contributed by atoms with Gasteiger partial charge in [0.2, 0.25) is 0 Å². The highest BCUT2D eigenvalue weighted by molar-refractivity contribution is 5.65. The van der Waals surface area contributed by atoms with E-state index in [1.54, 1.807) is 25.7 Å². The molecule has 0 aromatic rings. The van der Waals surface area contributed by atoms with Crippen molar-refractivity contribution in [2.45, 2.75) is 78.1 Å². The van der Waals surface area contributed by atoms with E-state index in [9.17, 15) is 4.79 Å². The Kier molecular flexibility index (Phi) is 8.11. The Balaban J connectivity index is 0.000000187. The molecular weight excluding hydrogens is 224 g/mol. The summed E-state index contributed by atoms with van der Waals surface area (Å²) < 4.78 is 4.64. The van der Waals surface area contributed by atoms with Crippen LogP contribution >= 0.6 is 0 Å². The maximum Gasteiger partial charge on any atom is 0.302 e. The van der Waals surface area contributed by atoms with Crippen LogP contribution < -0.4 is 0 Å². The number of esters is 1. The monoisotopic (exact) mass is 254 g/mol. The zero-order valence-corrected chi connectivity index (χ0v) is 12.2.